The molecule has 0 radical (unpaired) electrons. The highest BCUT2D eigenvalue weighted by atomic mass is 16.6. The van der Waals surface area contributed by atoms with Gasteiger partial charge in [-0.1, -0.05) is 30.8 Å². The SMILES string of the molecule is C=C1CC(COc2ccc(-c3ccc(C#N)cc3)cc2)OC1=O. The average Bonchev–Trinajstić information content (AvgIpc) is 2.92. The first-order valence-corrected chi connectivity index (χ1v) is 7.28. The molecule has 4 nitrogen and oxygen atoms in total. The maximum atomic E-state index is 11.2. The van der Waals surface area contributed by atoms with Gasteiger partial charge in [0.25, 0.3) is 0 Å². The van der Waals surface area contributed by atoms with Gasteiger partial charge in [-0.2, -0.15) is 5.26 Å². The van der Waals surface area contributed by atoms with Gasteiger partial charge in [0.05, 0.1) is 11.6 Å². The summed E-state index contributed by atoms with van der Waals surface area (Å²) in [5, 5.41) is 8.81. The number of hydrogen-bond donors (Lipinski definition) is 0. The normalized spacial score (nSPS) is 16.7. The Bertz CT molecular complexity index is 754. The molecule has 0 aliphatic carbocycles. The van der Waals surface area contributed by atoms with Gasteiger partial charge >= 0.3 is 5.97 Å². The smallest absolute Gasteiger partial charge is 0.333 e. The van der Waals surface area contributed by atoms with Crippen LogP contribution in [-0.4, -0.2) is 18.7 Å². The summed E-state index contributed by atoms with van der Waals surface area (Å²) in [5.74, 6) is 0.380. The van der Waals surface area contributed by atoms with E-state index in [-0.39, 0.29) is 12.1 Å². The molecular formula is C19H15NO3. The zero-order chi connectivity index (χ0) is 16.2. The Morgan fingerprint density at radius 3 is 2.26 bits per heavy atom. The molecule has 3 rings (SSSR count). The lowest BCUT2D eigenvalue weighted by molar-refractivity contribution is -0.139. The van der Waals surface area contributed by atoms with Gasteiger partial charge in [-0.25, -0.2) is 4.79 Å². The van der Waals surface area contributed by atoms with Crippen molar-refractivity contribution >= 4 is 5.97 Å². The monoisotopic (exact) mass is 305 g/mol. The van der Waals surface area contributed by atoms with Crippen LogP contribution in [0, 0.1) is 11.3 Å². The Balaban J connectivity index is 1.62. The molecule has 1 unspecified atom stereocenters. The lowest BCUT2D eigenvalue weighted by Gasteiger charge is -2.11. The van der Waals surface area contributed by atoms with Crippen LogP contribution in [0.25, 0.3) is 11.1 Å². The molecule has 0 spiro atoms. The topological polar surface area (TPSA) is 59.3 Å². The number of hydrogen-bond acceptors (Lipinski definition) is 4. The summed E-state index contributed by atoms with van der Waals surface area (Å²) in [6.45, 7) is 3.97. The highest BCUT2D eigenvalue weighted by Gasteiger charge is 2.27. The standard InChI is InChI=1S/C19H15NO3/c1-13-10-18(23-19(13)21)12-22-17-8-6-16(7-9-17)15-4-2-14(11-20)3-5-15/h2-9,18H,1,10,12H2. The van der Waals surface area contributed by atoms with Gasteiger partial charge < -0.3 is 9.47 Å². The molecule has 1 fully saturated rings. The molecule has 0 N–H and O–H groups in total. The molecule has 2 aromatic carbocycles. The fourth-order valence-corrected chi connectivity index (χ4v) is 2.40. The van der Waals surface area contributed by atoms with Crippen LogP contribution >= 0.6 is 0 Å². The van der Waals surface area contributed by atoms with Crippen molar-refractivity contribution in [3.8, 4) is 22.9 Å². The molecule has 1 aliphatic rings. The van der Waals surface area contributed by atoms with E-state index in [4.69, 9.17) is 14.7 Å². The number of ether oxygens (including phenoxy) is 2. The quantitative estimate of drug-likeness (QED) is 0.641. The average molecular weight is 305 g/mol. The van der Waals surface area contributed by atoms with Gasteiger partial charge in [-0.05, 0) is 35.4 Å². The number of carbonyl (C=O) groups is 1. The summed E-state index contributed by atoms with van der Waals surface area (Å²) in [7, 11) is 0. The summed E-state index contributed by atoms with van der Waals surface area (Å²) < 4.78 is 10.8. The molecule has 4 heteroatoms. The van der Waals surface area contributed by atoms with E-state index >= 15 is 0 Å². The fourth-order valence-electron chi connectivity index (χ4n) is 2.40. The number of benzene rings is 2. The lowest BCUT2D eigenvalue weighted by Crippen LogP contribution is -2.17. The molecular weight excluding hydrogens is 290 g/mol. The molecule has 0 amide bonds. The molecule has 2 aromatic rings. The first-order valence-electron chi connectivity index (χ1n) is 7.28. The third-order valence-electron chi connectivity index (χ3n) is 3.67. The minimum atomic E-state index is -0.338. The van der Waals surface area contributed by atoms with Gasteiger partial charge in [-0.3, -0.25) is 0 Å². The molecule has 1 heterocycles. The van der Waals surface area contributed by atoms with Crippen molar-refractivity contribution < 1.29 is 14.3 Å². The van der Waals surface area contributed by atoms with E-state index in [1.165, 1.54) is 0 Å². The van der Waals surface area contributed by atoms with Gasteiger partial charge in [0, 0.05) is 12.0 Å². The Labute approximate surface area is 134 Å². The molecule has 0 aromatic heterocycles. The van der Waals surface area contributed by atoms with E-state index in [9.17, 15) is 4.79 Å². The van der Waals surface area contributed by atoms with Gasteiger partial charge in [0.1, 0.15) is 18.5 Å². The van der Waals surface area contributed by atoms with Gasteiger partial charge in [-0.15, -0.1) is 0 Å². The van der Waals surface area contributed by atoms with Crippen LogP contribution in [0.5, 0.6) is 5.75 Å². The van der Waals surface area contributed by atoms with Crippen LogP contribution in [0.3, 0.4) is 0 Å². The predicted molar refractivity (Wildman–Crippen MR) is 85.7 cm³/mol. The second-order valence-corrected chi connectivity index (χ2v) is 5.36. The molecule has 0 saturated carbocycles. The second kappa shape index (κ2) is 6.37. The number of rotatable bonds is 4. The van der Waals surface area contributed by atoms with Crippen LogP contribution in [-0.2, 0) is 9.53 Å². The number of nitriles is 1. The molecule has 114 valence electrons. The van der Waals surface area contributed by atoms with Crippen LogP contribution < -0.4 is 4.74 Å². The Morgan fingerprint density at radius 1 is 1.13 bits per heavy atom. The van der Waals surface area contributed by atoms with Crippen LogP contribution in [0.1, 0.15) is 12.0 Å². The van der Waals surface area contributed by atoms with E-state index in [1.54, 1.807) is 12.1 Å². The van der Waals surface area contributed by atoms with E-state index < -0.39 is 0 Å². The van der Waals surface area contributed by atoms with Crippen molar-refractivity contribution in [3.05, 3.63) is 66.2 Å². The lowest BCUT2D eigenvalue weighted by atomic mass is 10.0. The van der Waals surface area contributed by atoms with Crippen molar-refractivity contribution in [1.29, 1.82) is 5.26 Å². The van der Waals surface area contributed by atoms with E-state index in [2.05, 4.69) is 12.6 Å². The third-order valence-corrected chi connectivity index (χ3v) is 3.67. The largest absolute Gasteiger partial charge is 0.490 e. The molecule has 1 atom stereocenters. The number of cyclic esters (lactones) is 1. The Morgan fingerprint density at radius 2 is 1.74 bits per heavy atom. The van der Waals surface area contributed by atoms with Gasteiger partial charge in [0.15, 0.2) is 0 Å². The molecule has 1 aliphatic heterocycles. The van der Waals surface area contributed by atoms with Crippen LogP contribution in [0.15, 0.2) is 60.7 Å². The van der Waals surface area contributed by atoms with E-state index in [1.807, 2.05) is 36.4 Å². The summed E-state index contributed by atoms with van der Waals surface area (Å²) in [6.07, 6.45) is 0.260. The van der Waals surface area contributed by atoms with Crippen molar-refractivity contribution in [2.24, 2.45) is 0 Å². The maximum Gasteiger partial charge on any atom is 0.333 e. The number of esters is 1. The van der Waals surface area contributed by atoms with Crippen LogP contribution in [0.2, 0.25) is 0 Å². The van der Waals surface area contributed by atoms with Crippen molar-refractivity contribution in [1.82, 2.24) is 0 Å². The zero-order valence-electron chi connectivity index (χ0n) is 12.5. The molecule has 0 bridgehead atoms. The Kier molecular flexibility index (Phi) is 4.11. The van der Waals surface area contributed by atoms with Crippen molar-refractivity contribution in [2.45, 2.75) is 12.5 Å². The Hall–Kier alpha value is -3.06. The molecule has 1 saturated heterocycles. The predicted octanol–water partition coefficient (Wildman–Crippen LogP) is 3.48. The van der Waals surface area contributed by atoms with Crippen LogP contribution in [0.4, 0.5) is 0 Å². The van der Waals surface area contributed by atoms with E-state index in [0.717, 1.165) is 16.9 Å². The fraction of sp³-hybridized carbons (Fsp3) is 0.158. The number of carbonyl (C=O) groups excluding carboxylic acids is 1. The maximum absolute atomic E-state index is 11.2. The highest BCUT2D eigenvalue weighted by molar-refractivity contribution is 5.89. The first-order chi connectivity index (χ1) is 11.2. The summed E-state index contributed by atoms with van der Waals surface area (Å²) in [4.78, 5) is 11.2. The number of nitrogens with zero attached hydrogens (tertiary/aromatic N) is 1. The third kappa shape index (κ3) is 3.41. The minimum absolute atomic E-state index is 0.256. The summed E-state index contributed by atoms with van der Waals surface area (Å²) in [5.41, 5.74) is 3.22. The second-order valence-electron chi connectivity index (χ2n) is 5.36. The van der Waals surface area contributed by atoms with Crippen molar-refractivity contribution in [3.63, 3.8) is 0 Å². The minimum Gasteiger partial charge on any atom is -0.490 e. The zero-order valence-corrected chi connectivity index (χ0v) is 12.5. The van der Waals surface area contributed by atoms with Crippen molar-refractivity contribution in [2.75, 3.05) is 6.61 Å². The summed E-state index contributed by atoms with van der Waals surface area (Å²) >= 11 is 0. The van der Waals surface area contributed by atoms with E-state index in [0.29, 0.717) is 24.2 Å². The highest BCUT2D eigenvalue weighted by Crippen LogP contribution is 2.24. The summed E-state index contributed by atoms with van der Waals surface area (Å²) in [6, 6.07) is 17.2. The molecule has 23 heavy (non-hydrogen) atoms. The van der Waals surface area contributed by atoms with Gasteiger partial charge in [0.2, 0.25) is 0 Å². The first kappa shape index (κ1) is 14.9.